The lowest BCUT2D eigenvalue weighted by Gasteiger charge is -2.25. The Balaban J connectivity index is 0.00000192. The highest BCUT2D eigenvalue weighted by molar-refractivity contribution is 5.96. The van der Waals surface area contributed by atoms with E-state index in [4.69, 9.17) is 0 Å². The number of quaternary nitrogens is 1. The van der Waals surface area contributed by atoms with Crippen LogP contribution in [0.1, 0.15) is 39.0 Å². The Morgan fingerprint density at radius 2 is 1.78 bits per heavy atom. The summed E-state index contributed by atoms with van der Waals surface area (Å²) in [6.45, 7) is 7.27. The van der Waals surface area contributed by atoms with Crippen molar-refractivity contribution >= 4 is 5.78 Å². The molecule has 0 amide bonds. The second kappa shape index (κ2) is 7.76. The molecule has 1 unspecified atom stereocenters. The number of carbonyl (C=O) groups excluding carboxylic acids is 1. The molecule has 0 saturated carbocycles. The molecule has 3 heteroatoms. The van der Waals surface area contributed by atoms with Crippen molar-refractivity contribution in [2.45, 2.75) is 33.2 Å². The van der Waals surface area contributed by atoms with Gasteiger partial charge in [-0.1, -0.05) is 36.4 Å². The summed E-state index contributed by atoms with van der Waals surface area (Å²) in [6, 6.07) is 14.7. The molecule has 2 nitrogen and oxygen atoms in total. The van der Waals surface area contributed by atoms with E-state index in [9.17, 15) is 4.79 Å². The first-order chi connectivity index (χ1) is 10.6. The molecule has 1 N–H and O–H groups in total. The molecule has 1 heterocycles. The van der Waals surface area contributed by atoms with Crippen molar-refractivity contribution in [3.05, 3.63) is 70.3 Å². The molecule has 0 spiro atoms. The molecule has 0 fully saturated rings. The molecular formula is C20H24ClNO. The van der Waals surface area contributed by atoms with Crippen LogP contribution in [-0.2, 0) is 13.0 Å². The van der Waals surface area contributed by atoms with Crippen molar-refractivity contribution in [2.75, 3.05) is 13.1 Å². The average Bonchev–Trinajstić information content (AvgIpc) is 2.55. The predicted molar refractivity (Wildman–Crippen MR) is 89.4 cm³/mol. The molecule has 0 aromatic heterocycles. The minimum absolute atomic E-state index is 0. The topological polar surface area (TPSA) is 21.5 Å². The van der Waals surface area contributed by atoms with Crippen molar-refractivity contribution in [1.82, 2.24) is 0 Å². The second-order valence-electron chi connectivity index (χ2n) is 6.42. The van der Waals surface area contributed by atoms with Crippen LogP contribution < -0.4 is 17.3 Å². The van der Waals surface area contributed by atoms with Gasteiger partial charge in [-0.15, -0.1) is 0 Å². The first-order valence-electron chi connectivity index (χ1n) is 8.14. The van der Waals surface area contributed by atoms with Crippen LogP contribution >= 0.6 is 0 Å². The van der Waals surface area contributed by atoms with E-state index in [1.165, 1.54) is 27.2 Å². The molecule has 0 radical (unpaired) electrons. The number of Topliss-reactive ketones (excluding diaryl/α,β-unsaturated/α-hetero) is 1. The second-order valence-corrected chi connectivity index (χ2v) is 6.42. The number of ketones is 1. The quantitative estimate of drug-likeness (QED) is 0.752. The molecular weight excluding hydrogens is 306 g/mol. The SMILES string of the molecule is Cc1ccc(C(=O)CC[NH+]2CCc3ccccc3C2)cc1C.[Cl-]. The van der Waals surface area contributed by atoms with Gasteiger partial charge in [0.15, 0.2) is 5.78 Å². The van der Waals surface area contributed by atoms with Crippen molar-refractivity contribution in [3.8, 4) is 0 Å². The third kappa shape index (κ3) is 4.21. The van der Waals surface area contributed by atoms with E-state index in [0.29, 0.717) is 6.42 Å². The molecule has 2 aromatic carbocycles. The zero-order valence-electron chi connectivity index (χ0n) is 13.9. The molecule has 2 aromatic rings. The monoisotopic (exact) mass is 329 g/mol. The van der Waals surface area contributed by atoms with E-state index in [2.05, 4.69) is 38.1 Å². The van der Waals surface area contributed by atoms with Crippen molar-refractivity contribution in [3.63, 3.8) is 0 Å². The van der Waals surface area contributed by atoms with Crippen LogP contribution in [0.3, 0.4) is 0 Å². The van der Waals surface area contributed by atoms with Gasteiger partial charge in [-0.25, -0.2) is 0 Å². The molecule has 3 rings (SSSR count). The first kappa shape index (κ1) is 17.7. The number of halogens is 1. The van der Waals surface area contributed by atoms with Gasteiger partial charge in [0.25, 0.3) is 0 Å². The number of rotatable bonds is 4. The Bertz CT molecular complexity index is 696. The number of benzene rings is 2. The number of nitrogens with one attached hydrogen (secondary N) is 1. The third-order valence-electron chi connectivity index (χ3n) is 4.84. The predicted octanol–water partition coefficient (Wildman–Crippen LogP) is -0.479. The minimum atomic E-state index is 0. The highest BCUT2D eigenvalue weighted by Gasteiger charge is 2.19. The summed E-state index contributed by atoms with van der Waals surface area (Å²) >= 11 is 0. The molecule has 0 bridgehead atoms. The smallest absolute Gasteiger partial charge is 0.168 e. The highest BCUT2D eigenvalue weighted by atomic mass is 35.5. The minimum Gasteiger partial charge on any atom is -1.00 e. The van der Waals surface area contributed by atoms with Crippen LogP contribution in [0.15, 0.2) is 42.5 Å². The number of aryl methyl sites for hydroxylation is 2. The molecule has 1 aliphatic heterocycles. The Morgan fingerprint density at radius 1 is 1.04 bits per heavy atom. The van der Waals surface area contributed by atoms with Crippen molar-refractivity contribution in [1.29, 1.82) is 0 Å². The fraction of sp³-hybridized carbons (Fsp3) is 0.350. The van der Waals surface area contributed by atoms with Gasteiger partial charge in [-0.3, -0.25) is 4.79 Å². The van der Waals surface area contributed by atoms with Gasteiger partial charge in [0.1, 0.15) is 6.54 Å². The highest BCUT2D eigenvalue weighted by Crippen LogP contribution is 2.12. The lowest BCUT2D eigenvalue weighted by Crippen LogP contribution is -3.11. The van der Waals surface area contributed by atoms with E-state index >= 15 is 0 Å². The van der Waals surface area contributed by atoms with Crippen LogP contribution in [0, 0.1) is 13.8 Å². The summed E-state index contributed by atoms with van der Waals surface area (Å²) in [5.41, 5.74) is 6.23. The summed E-state index contributed by atoms with van der Waals surface area (Å²) in [5.74, 6) is 0.273. The fourth-order valence-corrected chi connectivity index (χ4v) is 3.21. The normalized spacial score (nSPS) is 16.3. The summed E-state index contributed by atoms with van der Waals surface area (Å²) in [7, 11) is 0. The Kier molecular flexibility index (Phi) is 5.97. The summed E-state index contributed by atoms with van der Waals surface area (Å²) in [5, 5.41) is 0. The van der Waals surface area contributed by atoms with Gasteiger partial charge in [0, 0.05) is 17.5 Å². The van der Waals surface area contributed by atoms with Gasteiger partial charge < -0.3 is 17.3 Å². The lowest BCUT2D eigenvalue weighted by molar-refractivity contribution is -0.915. The van der Waals surface area contributed by atoms with E-state index in [-0.39, 0.29) is 18.2 Å². The maximum Gasteiger partial charge on any atom is 0.168 e. The molecule has 1 aliphatic rings. The first-order valence-corrected chi connectivity index (χ1v) is 8.14. The Morgan fingerprint density at radius 3 is 2.52 bits per heavy atom. The average molecular weight is 330 g/mol. The number of hydrogen-bond donors (Lipinski definition) is 1. The zero-order valence-corrected chi connectivity index (χ0v) is 14.6. The zero-order chi connectivity index (χ0) is 15.5. The number of hydrogen-bond acceptors (Lipinski definition) is 1. The van der Waals surface area contributed by atoms with Crippen LogP contribution in [-0.4, -0.2) is 18.9 Å². The number of carbonyl (C=O) groups is 1. The van der Waals surface area contributed by atoms with Gasteiger partial charge in [-0.05, 0) is 36.6 Å². The van der Waals surface area contributed by atoms with Crippen molar-refractivity contribution < 1.29 is 22.1 Å². The number of fused-ring (bicyclic) bond motifs is 1. The van der Waals surface area contributed by atoms with E-state index in [1.54, 1.807) is 0 Å². The molecule has 122 valence electrons. The summed E-state index contributed by atoms with van der Waals surface area (Å²) in [4.78, 5) is 13.9. The maximum atomic E-state index is 12.4. The van der Waals surface area contributed by atoms with Crippen LogP contribution in [0.5, 0.6) is 0 Å². The van der Waals surface area contributed by atoms with Crippen LogP contribution in [0.4, 0.5) is 0 Å². The summed E-state index contributed by atoms with van der Waals surface area (Å²) < 4.78 is 0. The fourth-order valence-electron chi connectivity index (χ4n) is 3.21. The van der Waals surface area contributed by atoms with Crippen molar-refractivity contribution in [2.24, 2.45) is 0 Å². The van der Waals surface area contributed by atoms with Gasteiger partial charge >= 0.3 is 0 Å². The summed E-state index contributed by atoms with van der Waals surface area (Å²) in [6.07, 6.45) is 1.77. The maximum absolute atomic E-state index is 12.4. The third-order valence-corrected chi connectivity index (χ3v) is 4.84. The Hall–Kier alpha value is -1.64. The molecule has 0 saturated heterocycles. The molecule has 0 aliphatic carbocycles. The van der Waals surface area contributed by atoms with Gasteiger partial charge in [-0.2, -0.15) is 0 Å². The Labute approximate surface area is 144 Å². The largest absolute Gasteiger partial charge is 1.00 e. The van der Waals surface area contributed by atoms with E-state index in [0.717, 1.165) is 31.6 Å². The van der Waals surface area contributed by atoms with Crippen LogP contribution in [0.2, 0.25) is 0 Å². The molecule has 1 atom stereocenters. The van der Waals surface area contributed by atoms with Crippen LogP contribution in [0.25, 0.3) is 0 Å². The lowest BCUT2D eigenvalue weighted by atomic mass is 9.99. The van der Waals surface area contributed by atoms with Gasteiger partial charge in [0.05, 0.1) is 19.5 Å². The molecule has 23 heavy (non-hydrogen) atoms. The van der Waals surface area contributed by atoms with Gasteiger partial charge in [0.2, 0.25) is 0 Å². The standard InChI is InChI=1S/C20H23NO.ClH/c1-15-7-8-18(13-16(15)2)20(22)10-12-21-11-9-17-5-3-4-6-19(17)14-21;/h3-8,13H,9-12,14H2,1-2H3;1H. The van der Waals surface area contributed by atoms with E-state index < -0.39 is 0 Å². The van der Waals surface area contributed by atoms with E-state index in [1.807, 2.05) is 18.2 Å².